The first-order valence-electron chi connectivity index (χ1n) is 6.85. The summed E-state index contributed by atoms with van der Waals surface area (Å²) in [5, 5.41) is 1.08. The minimum absolute atomic E-state index is 0.0173. The molecule has 2 N–H and O–H groups in total. The van der Waals surface area contributed by atoms with Crippen molar-refractivity contribution in [2.45, 2.75) is 46.0 Å². The van der Waals surface area contributed by atoms with Crippen LogP contribution in [-0.4, -0.2) is 23.1 Å². The molecule has 0 atom stereocenters. The maximum Gasteiger partial charge on any atom is 0.186 e. The molecule has 3 nitrogen and oxygen atoms in total. The van der Waals surface area contributed by atoms with Gasteiger partial charge < -0.3 is 10.6 Å². The fourth-order valence-electron chi connectivity index (χ4n) is 2.32. The third-order valence-electron chi connectivity index (χ3n) is 3.60. The quantitative estimate of drug-likeness (QED) is 0.850. The average Bonchev–Trinajstić information content (AvgIpc) is 2.74. The van der Waals surface area contributed by atoms with E-state index in [2.05, 4.69) is 32.6 Å². The van der Waals surface area contributed by atoms with Crippen molar-refractivity contribution in [1.29, 1.82) is 0 Å². The Kier molecular flexibility index (Phi) is 4.16. The van der Waals surface area contributed by atoms with Crippen molar-refractivity contribution >= 4 is 33.7 Å². The van der Waals surface area contributed by atoms with Gasteiger partial charge in [0.25, 0.3) is 0 Å². The van der Waals surface area contributed by atoms with E-state index >= 15 is 0 Å². The van der Waals surface area contributed by atoms with Crippen LogP contribution in [0.5, 0.6) is 0 Å². The molecule has 106 valence electrons. The highest BCUT2D eigenvalue weighted by Gasteiger charge is 2.27. The molecule has 1 aromatic rings. The molecule has 1 aromatic heterocycles. The van der Waals surface area contributed by atoms with Gasteiger partial charge in [0.2, 0.25) is 0 Å². The Labute approximate surface area is 125 Å². The van der Waals surface area contributed by atoms with Crippen molar-refractivity contribution in [1.82, 2.24) is 4.98 Å². The second-order valence-corrected chi connectivity index (χ2v) is 7.88. The Hall–Kier alpha value is -0.680. The minimum Gasteiger partial charge on any atom is -0.389 e. The van der Waals surface area contributed by atoms with Crippen molar-refractivity contribution in [3.8, 4) is 0 Å². The van der Waals surface area contributed by atoms with Gasteiger partial charge in [-0.05, 0) is 18.8 Å². The second kappa shape index (κ2) is 5.37. The van der Waals surface area contributed by atoms with E-state index in [1.54, 1.807) is 11.3 Å². The summed E-state index contributed by atoms with van der Waals surface area (Å²) in [5.74, 6) is 0.827. The molecule has 2 rings (SSSR count). The summed E-state index contributed by atoms with van der Waals surface area (Å²) in [5.41, 5.74) is 6.88. The molecule has 1 saturated heterocycles. The van der Waals surface area contributed by atoms with Gasteiger partial charge in [-0.3, -0.25) is 0 Å². The number of anilines is 1. The largest absolute Gasteiger partial charge is 0.389 e. The van der Waals surface area contributed by atoms with Gasteiger partial charge in [0.1, 0.15) is 4.99 Å². The molecular weight excluding hydrogens is 274 g/mol. The summed E-state index contributed by atoms with van der Waals surface area (Å²) in [4.78, 5) is 8.66. The lowest BCUT2D eigenvalue weighted by atomic mass is 9.91. The van der Waals surface area contributed by atoms with Gasteiger partial charge in [-0.15, -0.1) is 0 Å². The van der Waals surface area contributed by atoms with Gasteiger partial charge in [0, 0.05) is 18.5 Å². The molecule has 0 unspecified atom stereocenters. The molecule has 5 heteroatoms. The average molecular weight is 297 g/mol. The molecule has 1 aliphatic heterocycles. The standard InChI is InChI=1S/C14H23N3S2/c1-9-5-7-17(8-6-9)13-16-11(14(2,3)4)10(19-13)12(15)18/h9H,5-8H2,1-4H3,(H2,15,18). The van der Waals surface area contributed by atoms with E-state index in [1.165, 1.54) is 12.8 Å². The first-order valence-corrected chi connectivity index (χ1v) is 8.07. The van der Waals surface area contributed by atoms with Crippen LogP contribution in [-0.2, 0) is 5.41 Å². The molecule has 0 saturated carbocycles. The monoisotopic (exact) mass is 297 g/mol. The number of thiazole rings is 1. The SMILES string of the molecule is CC1CCN(c2nc(C(C)(C)C)c(C(N)=S)s2)CC1. The first kappa shape index (κ1) is 14.7. The number of piperidine rings is 1. The van der Waals surface area contributed by atoms with E-state index < -0.39 is 0 Å². The van der Waals surface area contributed by atoms with Crippen molar-refractivity contribution in [3.05, 3.63) is 10.6 Å². The van der Waals surface area contributed by atoms with Crippen LogP contribution in [0.3, 0.4) is 0 Å². The normalized spacial score (nSPS) is 17.8. The van der Waals surface area contributed by atoms with Crippen molar-refractivity contribution in [2.24, 2.45) is 11.7 Å². The third-order valence-corrected chi connectivity index (χ3v) is 5.09. The molecular formula is C14H23N3S2. The van der Waals surface area contributed by atoms with E-state index in [1.807, 2.05) is 0 Å². The number of hydrogen-bond donors (Lipinski definition) is 1. The van der Waals surface area contributed by atoms with E-state index in [0.29, 0.717) is 4.99 Å². The molecule has 0 aliphatic carbocycles. The van der Waals surface area contributed by atoms with Crippen LogP contribution in [0.1, 0.15) is 51.1 Å². The molecule has 1 fully saturated rings. The Balaban J connectivity index is 2.30. The van der Waals surface area contributed by atoms with Crippen LogP contribution < -0.4 is 10.6 Å². The summed E-state index contributed by atoms with van der Waals surface area (Å²) in [6.45, 7) is 11.0. The zero-order valence-corrected chi connectivity index (χ0v) is 13.8. The smallest absolute Gasteiger partial charge is 0.186 e. The zero-order valence-electron chi connectivity index (χ0n) is 12.2. The molecule has 1 aliphatic rings. The molecule has 0 aromatic carbocycles. The number of nitrogens with two attached hydrogens (primary N) is 1. The topological polar surface area (TPSA) is 42.2 Å². The highest BCUT2D eigenvalue weighted by Crippen LogP contribution is 2.35. The van der Waals surface area contributed by atoms with Gasteiger partial charge >= 0.3 is 0 Å². The lowest BCUT2D eigenvalue weighted by molar-refractivity contribution is 0.437. The highest BCUT2D eigenvalue weighted by atomic mass is 32.1. The zero-order chi connectivity index (χ0) is 14.2. The van der Waals surface area contributed by atoms with Gasteiger partial charge in [-0.25, -0.2) is 4.98 Å². The lowest BCUT2D eigenvalue weighted by Crippen LogP contribution is -2.32. The fraction of sp³-hybridized carbons (Fsp3) is 0.714. The number of nitrogens with zero attached hydrogens (tertiary/aromatic N) is 2. The number of rotatable bonds is 2. The van der Waals surface area contributed by atoms with Crippen molar-refractivity contribution < 1.29 is 0 Å². The fourth-order valence-corrected chi connectivity index (χ4v) is 3.72. The summed E-state index contributed by atoms with van der Waals surface area (Å²) >= 11 is 6.83. The second-order valence-electron chi connectivity index (χ2n) is 6.46. The molecule has 0 amide bonds. The van der Waals surface area contributed by atoms with Crippen LogP contribution in [0, 0.1) is 5.92 Å². The number of hydrogen-bond acceptors (Lipinski definition) is 4. The van der Waals surface area contributed by atoms with Gasteiger partial charge in [-0.1, -0.05) is 51.2 Å². The number of thiocarbonyl (C=S) groups is 1. The predicted molar refractivity (Wildman–Crippen MR) is 87.3 cm³/mol. The van der Waals surface area contributed by atoms with Crippen LogP contribution in [0.15, 0.2) is 0 Å². The molecule has 0 bridgehead atoms. The summed E-state index contributed by atoms with van der Waals surface area (Å²) in [6, 6.07) is 0. The highest BCUT2D eigenvalue weighted by molar-refractivity contribution is 7.81. The van der Waals surface area contributed by atoms with Crippen LogP contribution in [0.4, 0.5) is 5.13 Å². The lowest BCUT2D eigenvalue weighted by Gasteiger charge is -2.29. The van der Waals surface area contributed by atoms with Crippen molar-refractivity contribution in [3.63, 3.8) is 0 Å². The first-order chi connectivity index (χ1) is 8.79. The summed E-state index contributed by atoms with van der Waals surface area (Å²) in [6.07, 6.45) is 2.49. The Morgan fingerprint density at radius 2 is 1.95 bits per heavy atom. The van der Waals surface area contributed by atoms with Crippen LogP contribution >= 0.6 is 23.6 Å². The van der Waals surface area contributed by atoms with E-state index in [4.69, 9.17) is 22.9 Å². The Morgan fingerprint density at radius 3 is 2.37 bits per heavy atom. The van der Waals surface area contributed by atoms with Crippen LogP contribution in [0.2, 0.25) is 0 Å². The van der Waals surface area contributed by atoms with Gasteiger partial charge in [0.05, 0.1) is 10.6 Å². The van der Waals surface area contributed by atoms with Gasteiger partial charge in [0.15, 0.2) is 5.13 Å². The van der Waals surface area contributed by atoms with E-state index in [0.717, 1.165) is 34.7 Å². The predicted octanol–water partition coefficient (Wildman–Crippen LogP) is 3.31. The van der Waals surface area contributed by atoms with Gasteiger partial charge in [-0.2, -0.15) is 0 Å². The number of aromatic nitrogens is 1. The summed E-state index contributed by atoms with van der Waals surface area (Å²) < 4.78 is 0. The minimum atomic E-state index is -0.0173. The molecule has 2 heterocycles. The molecule has 0 spiro atoms. The van der Waals surface area contributed by atoms with E-state index in [9.17, 15) is 0 Å². The maximum absolute atomic E-state index is 5.86. The van der Waals surface area contributed by atoms with Crippen LogP contribution in [0.25, 0.3) is 0 Å². The summed E-state index contributed by atoms with van der Waals surface area (Å²) in [7, 11) is 0. The third kappa shape index (κ3) is 3.26. The molecule has 19 heavy (non-hydrogen) atoms. The van der Waals surface area contributed by atoms with Crippen molar-refractivity contribution in [2.75, 3.05) is 18.0 Å². The maximum atomic E-state index is 5.86. The van der Waals surface area contributed by atoms with E-state index in [-0.39, 0.29) is 5.41 Å². The molecule has 0 radical (unpaired) electrons. The Bertz CT molecular complexity index is 466. The Morgan fingerprint density at radius 1 is 1.37 bits per heavy atom.